The van der Waals surface area contributed by atoms with Gasteiger partial charge in [-0.25, -0.2) is 4.79 Å². The minimum atomic E-state index is -1.29. The van der Waals surface area contributed by atoms with Crippen molar-refractivity contribution in [3.05, 3.63) is 0 Å². The van der Waals surface area contributed by atoms with Crippen LogP contribution in [0.25, 0.3) is 0 Å². The van der Waals surface area contributed by atoms with Crippen LogP contribution < -0.4 is 5.73 Å². The summed E-state index contributed by atoms with van der Waals surface area (Å²) in [6.45, 7) is 2.55. The molecule has 0 unspecified atom stereocenters. The van der Waals surface area contributed by atoms with Gasteiger partial charge in [-0.3, -0.25) is 9.59 Å². The van der Waals surface area contributed by atoms with Gasteiger partial charge in [-0.1, -0.05) is 43.0 Å². The van der Waals surface area contributed by atoms with E-state index in [4.69, 9.17) is 38.8 Å². The molecule has 0 aromatic heterocycles. The van der Waals surface area contributed by atoms with Crippen LogP contribution in [0.2, 0.25) is 0 Å². The van der Waals surface area contributed by atoms with Crippen LogP contribution in [0.3, 0.4) is 0 Å². The number of ether oxygens (including phenoxy) is 1. The molecule has 0 aliphatic heterocycles. The Morgan fingerprint density at radius 1 is 1.20 bits per heavy atom. The molecule has 0 amide bonds. The maximum absolute atomic E-state index is 11.0. The number of carbonyl (C=O) groups is 3. The Balaban J connectivity index is 0. The molecule has 0 atom stereocenters. The molecule has 0 bridgehead atoms. The van der Waals surface area contributed by atoms with Crippen molar-refractivity contribution in [3.63, 3.8) is 0 Å². The van der Waals surface area contributed by atoms with E-state index >= 15 is 0 Å². The largest absolute Gasteiger partial charge is 0.479 e. The second kappa shape index (κ2) is 14.6. The lowest BCUT2D eigenvalue weighted by atomic mass is 10.2. The van der Waals surface area contributed by atoms with Crippen molar-refractivity contribution in [1.82, 2.24) is 0 Å². The third-order valence-electron chi connectivity index (χ3n) is 2.03. The SMILES string of the molecule is CCCCCOC(=O)CCC(=O)CN.O=C(O)C(Cl)Cl. The van der Waals surface area contributed by atoms with Crippen molar-refractivity contribution in [1.29, 1.82) is 0 Å². The summed E-state index contributed by atoms with van der Waals surface area (Å²) in [6.07, 6.45) is 3.41. The predicted molar refractivity (Wildman–Crippen MR) is 76.9 cm³/mol. The van der Waals surface area contributed by atoms with Crippen LogP contribution in [0.15, 0.2) is 0 Å². The molecule has 0 fully saturated rings. The van der Waals surface area contributed by atoms with Crippen molar-refractivity contribution >= 4 is 40.9 Å². The van der Waals surface area contributed by atoms with Gasteiger partial charge in [0.05, 0.1) is 19.6 Å². The highest BCUT2D eigenvalue weighted by Gasteiger charge is 2.06. The summed E-state index contributed by atoms with van der Waals surface area (Å²) in [7, 11) is 0. The average Bonchev–Trinajstić information content (AvgIpc) is 2.41. The maximum Gasteiger partial charge on any atom is 0.337 e. The van der Waals surface area contributed by atoms with E-state index in [0.29, 0.717) is 6.61 Å². The van der Waals surface area contributed by atoms with E-state index in [0.717, 1.165) is 19.3 Å². The molecule has 0 spiro atoms. The number of hydrogen-bond donors (Lipinski definition) is 2. The number of alkyl halides is 2. The van der Waals surface area contributed by atoms with Crippen molar-refractivity contribution < 1.29 is 24.2 Å². The minimum Gasteiger partial charge on any atom is -0.479 e. The first-order chi connectivity index (χ1) is 9.34. The Bertz CT molecular complexity index is 298. The first-order valence-corrected chi connectivity index (χ1v) is 7.10. The fourth-order valence-corrected chi connectivity index (χ4v) is 0.954. The van der Waals surface area contributed by atoms with Crippen LogP contribution in [0.4, 0.5) is 0 Å². The lowest BCUT2D eigenvalue weighted by Gasteiger charge is -2.03. The van der Waals surface area contributed by atoms with E-state index in [1.165, 1.54) is 0 Å². The second-order valence-corrected chi connectivity index (χ2v) is 4.91. The number of nitrogens with two attached hydrogens (primary N) is 1. The summed E-state index contributed by atoms with van der Waals surface area (Å²) >= 11 is 9.56. The molecule has 0 aromatic rings. The van der Waals surface area contributed by atoms with Crippen LogP contribution >= 0.6 is 23.2 Å². The van der Waals surface area contributed by atoms with Crippen LogP contribution in [-0.4, -0.2) is 40.8 Å². The number of carboxylic acids is 1. The number of esters is 1. The molecule has 0 heterocycles. The molecule has 0 aromatic carbocycles. The molecular formula is C12H21Cl2NO5. The van der Waals surface area contributed by atoms with Gasteiger partial charge < -0.3 is 15.6 Å². The van der Waals surface area contributed by atoms with Gasteiger partial charge >= 0.3 is 11.9 Å². The first kappa shape index (κ1) is 21.4. The van der Waals surface area contributed by atoms with Gasteiger partial charge in [-0.2, -0.15) is 0 Å². The normalized spacial score (nSPS) is 9.65. The van der Waals surface area contributed by atoms with Gasteiger partial charge in [0.15, 0.2) is 0 Å². The summed E-state index contributed by atoms with van der Waals surface area (Å²) in [4.78, 5) is 29.9. The molecule has 0 saturated heterocycles. The number of aliphatic carboxylic acids is 1. The standard InChI is InChI=1S/C10H19NO3.C2H2Cl2O2/c1-2-3-4-7-14-10(13)6-5-9(12)8-11;3-1(4)2(5)6/h2-8,11H2,1H3;1H,(H,5,6). The molecule has 118 valence electrons. The second-order valence-electron chi connectivity index (χ2n) is 3.81. The highest BCUT2D eigenvalue weighted by atomic mass is 35.5. The lowest BCUT2D eigenvalue weighted by Crippen LogP contribution is -2.15. The molecule has 0 rings (SSSR count). The van der Waals surface area contributed by atoms with Crippen molar-refractivity contribution in [2.75, 3.05) is 13.2 Å². The zero-order valence-electron chi connectivity index (χ0n) is 11.4. The van der Waals surface area contributed by atoms with E-state index in [1.807, 2.05) is 0 Å². The van der Waals surface area contributed by atoms with Crippen LogP contribution in [0.5, 0.6) is 0 Å². The fraction of sp³-hybridized carbons (Fsp3) is 0.750. The van der Waals surface area contributed by atoms with Crippen LogP contribution in [-0.2, 0) is 19.1 Å². The number of hydrogen-bond acceptors (Lipinski definition) is 5. The van der Waals surface area contributed by atoms with Crippen molar-refractivity contribution in [3.8, 4) is 0 Å². The van der Waals surface area contributed by atoms with Gasteiger partial charge in [-0.15, -0.1) is 0 Å². The molecule has 3 N–H and O–H groups in total. The van der Waals surface area contributed by atoms with E-state index in [9.17, 15) is 14.4 Å². The molecule has 20 heavy (non-hydrogen) atoms. The van der Waals surface area contributed by atoms with Gasteiger partial charge in [-0.05, 0) is 6.42 Å². The third-order valence-corrected chi connectivity index (χ3v) is 2.41. The van der Waals surface area contributed by atoms with Crippen LogP contribution in [0, 0.1) is 0 Å². The summed E-state index contributed by atoms with van der Waals surface area (Å²) < 4.78 is 4.91. The number of carboxylic acid groups (broad SMARTS) is 1. The summed E-state index contributed by atoms with van der Waals surface area (Å²) in [5, 5.41) is 7.73. The summed E-state index contributed by atoms with van der Waals surface area (Å²) in [5.41, 5.74) is 5.10. The lowest BCUT2D eigenvalue weighted by molar-refractivity contribution is -0.144. The number of unbranched alkanes of at least 4 members (excludes halogenated alkanes) is 2. The maximum atomic E-state index is 11.0. The van der Waals surface area contributed by atoms with Gasteiger partial charge in [0.1, 0.15) is 5.78 Å². The zero-order chi connectivity index (χ0) is 16.0. The van der Waals surface area contributed by atoms with Crippen LogP contribution in [0.1, 0.15) is 39.0 Å². The van der Waals surface area contributed by atoms with Crippen molar-refractivity contribution in [2.24, 2.45) is 5.73 Å². The van der Waals surface area contributed by atoms with Gasteiger partial charge in [0, 0.05) is 6.42 Å². The molecule has 0 saturated carbocycles. The summed E-state index contributed by atoms with van der Waals surface area (Å²) in [5.74, 6) is -1.61. The first-order valence-electron chi connectivity index (χ1n) is 6.23. The number of Topliss-reactive ketones (excluding diaryl/α,β-unsaturated/α-hetero) is 1. The molecule has 0 aliphatic carbocycles. The fourth-order valence-electron chi connectivity index (χ4n) is 0.954. The smallest absolute Gasteiger partial charge is 0.337 e. The Hall–Kier alpha value is -0.850. The van der Waals surface area contributed by atoms with E-state index in [-0.39, 0.29) is 31.1 Å². The highest BCUT2D eigenvalue weighted by molar-refractivity contribution is 6.52. The molecule has 0 aliphatic rings. The summed E-state index contributed by atoms with van der Waals surface area (Å²) in [6, 6.07) is 0. The van der Waals surface area contributed by atoms with Crippen molar-refractivity contribution in [2.45, 2.75) is 43.9 Å². The monoisotopic (exact) mass is 329 g/mol. The number of carbonyl (C=O) groups excluding carboxylic acids is 2. The van der Waals surface area contributed by atoms with Gasteiger partial charge in [0.25, 0.3) is 0 Å². The molecular weight excluding hydrogens is 309 g/mol. The number of halogens is 2. The Kier molecular flexibility index (Phi) is 15.6. The Morgan fingerprint density at radius 2 is 1.75 bits per heavy atom. The van der Waals surface area contributed by atoms with E-state index < -0.39 is 10.8 Å². The van der Waals surface area contributed by atoms with Gasteiger partial charge in [0.2, 0.25) is 4.84 Å². The highest BCUT2D eigenvalue weighted by Crippen LogP contribution is 1.99. The zero-order valence-corrected chi connectivity index (χ0v) is 13.0. The third kappa shape index (κ3) is 17.2. The number of ketones is 1. The minimum absolute atomic E-state index is 0.00309. The quantitative estimate of drug-likeness (QED) is 0.380. The molecule has 8 heteroatoms. The predicted octanol–water partition coefficient (Wildman–Crippen LogP) is 1.90. The number of rotatable bonds is 9. The molecule has 0 radical (unpaired) electrons. The van der Waals surface area contributed by atoms with E-state index in [2.05, 4.69) is 6.92 Å². The topological polar surface area (TPSA) is 107 Å². The average molecular weight is 330 g/mol. The molecule has 6 nitrogen and oxygen atoms in total. The Labute approximate surface area is 128 Å². The Morgan fingerprint density at radius 3 is 2.15 bits per heavy atom. The van der Waals surface area contributed by atoms with E-state index in [1.54, 1.807) is 0 Å².